The van der Waals surface area contributed by atoms with Crippen LogP contribution in [0.3, 0.4) is 0 Å². The van der Waals surface area contributed by atoms with Gasteiger partial charge in [-0.1, -0.05) is 31.0 Å². The van der Waals surface area contributed by atoms with Crippen LogP contribution in [-0.2, 0) is 4.79 Å². The highest BCUT2D eigenvalue weighted by Crippen LogP contribution is 2.36. The summed E-state index contributed by atoms with van der Waals surface area (Å²) < 4.78 is 0. The number of nitrogens with zero attached hydrogens (tertiary/aromatic N) is 3. The Bertz CT molecular complexity index is 845. The van der Waals surface area contributed by atoms with Crippen molar-refractivity contribution in [1.82, 2.24) is 5.01 Å². The Labute approximate surface area is 152 Å². The molecule has 6 heteroatoms. The average Bonchev–Trinajstić information content (AvgIpc) is 3.21. The fourth-order valence-electron chi connectivity index (χ4n) is 4.28. The van der Waals surface area contributed by atoms with E-state index in [4.69, 9.17) is 0 Å². The lowest BCUT2D eigenvalue weighted by molar-refractivity contribution is -0.383. The lowest BCUT2D eigenvalue weighted by Crippen LogP contribution is -2.52. The molecule has 26 heavy (non-hydrogen) atoms. The minimum atomic E-state index is -0.343. The van der Waals surface area contributed by atoms with Gasteiger partial charge in [0.2, 0.25) is 5.91 Å². The van der Waals surface area contributed by atoms with Crippen molar-refractivity contribution < 1.29 is 9.72 Å². The molecule has 2 fully saturated rings. The predicted octanol–water partition coefficient (Wildman–Crippen LogP) is 4.28. The van der Waals surface area contributed by atoms with Gasteiger partial charge in [-0.3, -0.25) is 24.9 Å². The van der Waals surface area contributed by atoms with Crippen molar-refractivity contribution in [1.29, 1.82) is 0 Å². The van der Waals surface area contributed by atoms with E-state index in [0.717, 1.165) is 62.7 Å². The average molecular weight is 353 g/mol. The number of nitro benzene ring substituents is 1. The first-order valence-electron chi connectivity index (χ1n) is 9.42. The summed E-state index contributed by atoms with van der Waals surface area (Å²) in [6.45, 7) is 1.49. The smallest absolute Gasteiger partial charge is 0.277 e. The predicted molar refractivity (Wildman–Crippen MR) is 101 cm³/mol. The molecule has 2 aromatic rings. The molecule has 2 aliphatic rings. The summed E-state index contributed by atoms with van der Waals surface area (Å²) >= 11 is 0. The van der Waals surface area contributed by atoms with E-state index in [0.29, 0.717) is 5.39 Å². The first kappa shape index (κ1) is 16.8. The van der Waals surface area contributed by atoms with E-state index in [9.17, 15) is 14.9 Å². The Morgan fingerprint density at radius 1 is 0.962 bits per heavy atom. The number of carbonyl (C=O) groups excluding carboxylic acids is 1. The zero-order valence-corrected chi connectivity index (χ0v) is 14.8. The van der Waals surface area contributed by atoms with E-state index >= 15 is 0 Å². The molecular weight excluding hydrogens is 330 g/mol. The fraction of sp³-hybridized carbons (Fsp3) is 0.450. The minimum Gasteiger partial charge on any atom is -0.282 e. The number of fused-ring (bicyclic) bond motifs is 1. The number of amides is 1. The van der Waals surface area contributed by atoms with Gasteiger partial charge in [0.1, 0.15) is 0 Å². The van der Waals surface area contributed by atoms with Crippen LogP contribution in [0.15, 0.2) is 36.4 Å². The molecule has 1 aliphatic heterocycles. The Kier molecular flexibility index (Phi) is 4.49. The van der Waals surface area contributed by atoms with Crippen LogP contribution in [0.1, 0.15) is 38.5 Å². The standard InChI is InChI=1S/C20H23N3O3/c24-20(15-7-1-2-8-15)22-14-6-5-13-21(22)18-11-12-19(23(25)26)17-10-4-3-9-16(17)18/h3-4,9-12,15H,1-2,5-8,13-14H2. The summed E-state index contributed by atoms with van der Waals surface area (Å²) in [6, 6.07) is 10.7. The monoisotopic (exact) mass is 353 g/mol. The highest BCUT2D eigenvalue weighted by molar-refractivity contribution is 6.00. The summed E-state index contributed by atoms with van der Waals surface area (Å²) in [7, 11) is 0. The van der Waals surface area contributed by atoms with Gasteiger partial charge in [-0.15, -0.1) is 0 Å². The summed E-state index contributed by atoms with van der Waals surface area (Å²) in [4.78, 5) is 24.1. The Hall–Kier alpha value is -2.63. The van der Waals surface area contributed by atoms with E-state index in [1.807, 2.05) is 23.2 Å². The van der Waals surface area contributed by atoms with Crippen molar-refractivity contribution in [2.24, 2.45) is 5.92 Å². The minimum absolute atomic E-state index is 0.107. The molecule has 0 atom stereocenters. The number of anilines is 1. The number of carbonyl (C=O) groups is 1. The second-order valence-corrected chi connectivity index (χ2v) is 7.18. The third-order valence-electron chi connectivity index (χ3n) is 5.59. The molecule has 136 valence electrons. The Balaban J connectivity index is 1.76. The van der Waals surface area contributed by atoms with Crippen LogP contribution in [-0.4, -0.2) is 28.9 Å². The van der Waals surface area contributed by atoms with Gasteiger partial charge in [0.05, 0.1) is 16.0 Å². The molecule has 1 amide bonds. The molecule has 1 saturated carbocycles. The zero-order valence-electron chi connectivity index (χ0n) is 14.8. The molecule has 0 radical (unpaired) electrons. The van der Waals surface area contributed by atoms with E-state index in [-0.39, 0.29) is 22.4 Å². The SMILES string of the molecule is O=C(C1CCCC1)N1CCCCN1c1ccc([N+](=O)[O-])c2ccccc12. The van der Waals surface area contributed by atoms with Gasteiger partial charge in [0, 0.05) is 30.5 Å². The van der Waals surface area contributed by atoms with Crippen molar-refractivity contribution in [2.75, 3.05) is 18.1 Å². The molecule has 1 aliphatic carbocycles. The van der Waals surface area contributed by atoms with E-state index in [1.54, 1.807) is 18.2 Å². The molecule has 1 heterocycles. The van der Waals surface area contributed by atoms with Crippen LogP contribution in [0.5, 0.6) is 0 Å². The lowest BCUT2D eigenvalue weighted by Gasteiger charge is -2.41. The summed E-state index contributed by atoms with van der Waals surface area (Å²) in [6.07, 6.45) is 6.23. The summed E-state index contributed by atoms with van der Waals surface area (Å²) in [5, 5.41) is 16.8. The van der Waals surface area contributed by atoms with Crippen LogP contribution >= 0.6 is 0 Å². The van der Waals surface area contributed by atoms with E-state index in [2.05, 4.69) is 5.01 Å². The second kappa shape index (κ2) is 6.94. The summed E-state index contributed by atoms with van der Waals surface area (Å²) in [5.41, 5.74) is 0.993. The van der Waals surface area contributed by atoms with Gasteiger partial charge in [-0.05, 0) is 37.8 Å². The molecule has 1 saturated heterocycles. The normalized spacial score (nSPS) is 18.5. The molecule has 4 rings (SSSR count). The van der Waals surface area contributed by atoms with Gasteiger partial charge in [-0.25, -0.2) is 0 Å². The largest absolute Gasteiger partial charge is 0.282 e. The maximum absolute atomic E-state index is 13.1. The highest BCUT2D eigenvalue weighted by Gasteiger charge is 2.33. The quantitative estimate of drug-likeness (QED) is 0.610. The molecule has 0 spiro atoms. The molecule has 0 unspecified atom stereocenters. The first-order chi connectivity index (χ1) is 12.7. The Morgan fingerprint density at radius 3 is 2.38 bits per heavy atom. The highest BCUT2D eigenvalue weighted by atomic mass is 16.6. The van der Waals surface area contributed by atoms with Crippen molar-refractivity contribution in [2.45, 2.75) is 38.5 Å². The molecule has 0 N–H and O–H groups in total. The maximum atomic E-state index is 13.1. The van der Waals surface area contributed by atoms with Gasteiger partial charge in [-0.2, -0.15) is 0 Å². The number of hydrogen-bond acceptors (Lipinski definition) is 4. The van der Waals surface area contributed by atoms with Crippen LogP contribution in [0.4, 0.5) is 11.4 Å². The number of hydrogen-bond donors (Lipinski definition) is 0. The third-order valence-corrected chi connectivity index (χ3v) is 5.59. The molecule has 2 aromatic carbocycles. The molecular formula is C20H23N3O3. The van der Waals surface area contributed by atoms with Crippen LogP contribution in [0.2, 0.25) is 0 Å². The molecule has 6 nitrogen and oxygen atoms in total. The van der Waals surface area contributed by atoms with Crippen LogP contribution in [0.25, 0.3) is 10.8 Å². The number of nitro groups is 1. The topological polar surface area (TPSA) is 66.7 Å². The van der Waals surface area contributed by atoms with Crippen molar-refractivity contribution >= 4 is 28.1 Å². The van der Waals surface area contributed by atoms with Gasteiger partial charge >= 0.3 is 0 Å². The third kappa shape index (κ3) is 2.89. The number of hydrazine groups is 1. The zero-order chi connectivity index (χ0) is 18.1. The van der Waals surface area contributed by atoms with Gasteiger partial charge in [0.15, 0.2) is 0 Å². The van der Waals surface area contributed by atoms with E-state index in [1.165, 1.54) is 0 Å². The number of non-ortho nitro benzene ring substituents is 1. The van der Waals surface area contributed by atoms with Crippen molar-refractivity contribution in [3.63, 3.8) is 0 Å². The van der Waals surface area contributed by atoms with Gasteiger partial charge in [0.25, 0.3) is 5.69 Å². The first-order valence-corrected chi connectivity index (χ1v) is 9.42. The fourth-order valence-corrected chi connectivity index (χ4v) is 4.28. The maximum Gasteiger partial charge on any atom is 0.277 e. The van der Waals surface area contributed by atoms with Gasteiger partial charge < -0.3 is 0 Å². The number of benzene rings is 2. The molecule has 0 bridgehead atoms. The van der Waals surface area contributed by atoms with Crippen LogP contribution < -0.4 is 5.01 Å². The van der Waals surface area contributed by atoms with Crippen molar-refractivity contribution in [3.05, 3.63) is 46.5 Å². The van der Waals surface area contributed by atoms with Crippen molar-refractivity contribution in [3.8, 4) is 0 Å². The van der Waals surface area contributed by atoms with E-state index < -0.39 is 0 Å². The number of rotatable bonds is 3. The lowest BCUT2D eigenvalue weighted by atomic mass is 10.0. The molecule has 0 aromatic heterocycles. The summed E-state index contributed by atoms with van der Waals surface area (Å²) in [5.74, 6) is 0.338. The second-order valence-electron chi connectivity index (χ2n) is 7.18. The van der Waals surface area contributed by atoms with Crippen LogP contribution in [0, 0.1) is 16.0 Å². The Morgan fingerprint density at radius 2 is 1.65 bits per heavy atom.